The van der Waals surface area contributed by atoms with Crippen LogP contribution in [0.15, 0.2) is 36.5 Å². The minimum atomic E-state index is -3.97. The Morgan fingerprint density at radius 3 is 2.70 bits per heavy atom. The first-order chi connectivity index (χ1) is 12.7. The Bertz CT molecular complexity index is 972. The second-order valence-electron chi connectivity index (χ2n) is 5.96. The van der Waals surface area contributed by atoms with Crippen molar-refractivity contribution in [2.45, 2.75) is 18.5 Å². The van der Waals surface area contributed by atoms with Crippen LogP contribution in [0.5, 0.6) is 0 Å². The molecule has 2 unspecified atom stereocenters. The quantitative estimate of drug-likeness (QED) is 0.802. The monoisotopic (exact) mass is 416 g/mol. The highest BCUT2D eigenvalue weighted by molar-refractivity contribution is 7.87. The summed E-state index contributed by atoms with van der Waals surface area (Å²) in [5.41, 5.74) is 0.517. The van der Waals surface area contributed by atoms with Gasteiger partial charge in [0.25, 0.3) is 10.2 Å². The molecule has 27 heavy (non-hydrogen) atoms. The van der Waals surface area contributed by atoms with Crippen LogP contribution < -0.4 is 10.0 Å². The molecule has 11 heteroatoms. The van der Waals surface area contributed by atoms with Crippen LogP contribution in [0.2, 0.25) is 5.02 Å². The number of halogens is 3. The third kappa shape index (κ3) is 4.24. The topological polar surface area (TPSA) is 91.4 Å². The van der Waals surface area contributed by atoms with E-state index in [0.29, 0.717) is 0 Å². The fraction of sp³-hybridized carbons (Fsp3) is 0.250. The van der Waals surface area contributed by atoms with Crippen molar-refractivity contribution in [1.29, 1.82) is 0 Å². The predicted octanol–water partition coefficient (Wildman–Crippen LogP) is 2.23. The Morgan fingerprint density at radius 1 is 1.33 bits per heavy atom. The molecule has 0 aliphatic carbocycles. The molecule has 1 saturated heterocycles. The van der Waals surface area contributed by atoms with Crippen LogP contribution >= 0.6 is 11.6 Å². The maximum absolute atomic E-state index is 13.2. The van der Waals surface area contributed by atoms with E-state index in [9.17, 15) is 22.0 Å². The highest BCUT2D eigenvalue weighted by Gasteiger charge is 2.41. The Balaban J connectivity index is 1.84. The highest BCUT2D eigenvalue weighted by atomic mass is 35.5. The molecule has 1 aliphatic rings. The summed E-state index contributed by atoms with van der Waals surface area (Å²) in [6, 6.07) is 4.27. The van der Waals surface area contributed by atoms with Gasteiger partial charge in [-0.05, 0) is 36.8 Å². The van der Waals surface area contributed by atoms with Crippen molar-refractivity contribution in [3.05, 3.63) is 58.9 Å². The lowest BCUT2D eigenvalue weighted by molar-refractivity contribution is -0.120. The number of hydrogen-bond donors (Lipinski definition) is 2. The molecule has 144 valence electrons. The largest absolute Gasteiger partial charge is 0.325 e. The average molecular weight is 417 g/mol. The maximum atomic E-state index is 13.2. The van der Waals surface area contributed by atoms with Gasteiger partial charge in [-0.2, -0.15) is 17.4 Å². The molecule has 2 atom stereocenters. The van der Waals surface area contributed by atoms with Gasteiger partial charge >= 0.3 is 0 Å². The van der Waals surface area contributed by atoms with Crippen molar-refractivity contribution < 1.29 is 22.0 Å². The SMILES string of the molecule is CN1C(C(=O)Nc2ccc(F)c(Cl)c2)CC(c2ccc(F)cn2)NS1(=O)=O. The van der Waals surface area contributed by atoms with E-state index >= 15 is 0 Å². The zero-order valence-electron chi connectivity index (χ0n) is 14.0. The smallest absolute Gasteiger partial charge is 0.280 e. The second kappa shape index (κ2) is 7.47. The number of nitrogens with one attached hydrogen (secondary N) is 2. The van der Waals surface area contributed by atoms with Crippen LogP contribution in [0.25, 0.3) is 0 Å². The summed E-state index contributed by atoms with van der Waals surface area (Å²) in [6.45, 7) is 0. The van der Waals surface area contributed by atoms with E-state index in [-0.39, 0.29) is 22.8 Å². The van der Waals surface area contributed by atoms with E-state index in [4.69, 9.17) is 11.6 Å². The predicted molar refractivity (Wildman–Crippen MR) is 95.2 cm³/mol. The van der Waals surface area contributed by atoms with Gasteiger partial charge < -0.3 is 5.32 Å². The number of benzene rings is 1. The van der Waals surface area contributed by atoms with E-state index in [2.05, 4.69) is 15.0 Å². The first-order valence-corrected chi connectivity index (χ1v) is 9.62. The van der Waals surface area contributed by atoms with Crippen molar-refractivity contribution in [3.8, 4) is 0 Å². The van der Waals surface area contributed by atoms with Crippen LogP contribution in [0.1, 0.15) is 18.2 Å². The summed E-state index contributed by atoms with van der Waals surface area (Å²) in [4.78, 5) is 16.5. The van der Waals surface area contributed by atoms with Gasteiger partial charge in [0, 0.05) is 12.7 Å². The fourth-order valence-corrected chi connectivity index (χ4v) is 4.14. The first-order valence-electron chi connectivity index (χ1n) is 7.80. The summed E-state index contributed by atoms with van der Waals surface area (Å²) in [6.07, 6.45) is 1.03. The molecule has 1 amide bonds. The molecular formula is C16H15ClF2N4O3S. The van der Waals surface area contributed by atoms with Gasteiger partial charge in [0.2, 0.25) is 5.91 Å². The van der Waals surface area contributed by atoms with Gasteiger partial charge in [0.1, 0.15) is 17.7 Å². The van der Waals surface area contributed by atoms with Crippen molar-refractivity contribution in [2.75, 3.05) is 12.4 Å². The number of rotatable bonds is 3. The van der Waals surface area contributed by atoms with Gasteiger partial charge in [-0.25, -0.2) is 8.78 Å². The number of nitrogens with zero attached hydrogens (tertiary/aromatic N) is 2. The number of likely N-dealkylation sites (N-methyl/N-ethyl adjacent to an activating group) is 1. The Morgan fingerprint density at radius 2 is 2.07 bits per heavy atom. The van der Waals surface area contributed by atoms with E-state index in [1.807, 2.05) is 0 Å². The molecule has 0 saturated carbocycles. The van der Waals surface area contributed by atoms with Crippen LogP contribution in [0, 0.1) is 11.6 Å². The molecule has 1 aliphatic heterocycles. The van der Waals surface area contributed by atoms with Gasteiger partial charge in [0.15, 0.2) is 0 Å². The lowest BCUT2D eigenvalue weighted by atomic mass is 10.0. The minimum Gasteiger partial charge on any atom is -0.325 e. The van der Waals surface area contributed by atoms with Gasteiger partial charge in [0.05, 0.1) is 23.0 Å². The minimum absolute atomic E-state index is 0.0646. The lowest BCUT2D eigenvalue weighted by Gasteiger charge is -2.35. The Hall–Kier alpha value is -2.14. The zero-order valence-corrected chi connectivity index (χ0v) is 15.6. The van der Waals surface area contributed by atoms with E-state index in [0.717, 1.165) is 22.6 Å². The first kappa shape index (κ1) is 19.6. The molecule has 0 bridgehead atoms. The summed E-state index contributed by atoms with van der Waals surface area (Å²) >= 11 is 5.69. The summed E-state index contributed by atoms with van der Waals surface area (Å²) in [5.74, 6) is -1.81. The molecule has 0 radical (unpaired) electrons. The number of hydrogen-bond acceptors (Lipinski definition) is 4. The third-order valence-electron chi connectivity index (χ3n) is 4.17. The number of pyridine rings is 1. The van der Waals surface area contributed by atoms with Crippen molar-refractivity contribution in [1.82, 2.24) is 14.0 Å². The fourth-order valence-electron chi connectivity index (χ4n) is 2.70. The molecule has 2 N–H and O–H groups in total. The van der Waals surface area contributed by atoms with Gasteiger partial charge in [-0.1, -0.05) is 11.6 Å². The van der Waals surface area contributed by atoms with Crippen LogP contribution in [-0.4, -0.2) is 36.7 Å². The van der Waals surface area contributed by atoms with Gasteiger partial charge in [-0.15, -0.1) is 0 Å². The standard InChI is InChI=1S/C16H15ClF2N4O3S/c1-23-15(16(24)21-10-3-4-12(19)11(17)6-10)7-14(22-27(23,25)26)13-5-2-9(18)8-20-13/h2-6,8,14-15,22H,7H2,1H3,(H,21,24). The lowest BCUT2D eigenvalue weighted by Crippen LogP contribution is -2.56. The summed E-state index contributed by atoms with van der Waals surface area (Å²) in [7, 11) is -2.71. The van der Waals surface area contributed by atoms with Crippen molar-refractivity contribution in [2.24, 2.45) is 0 Å². The summed E-state index contributed by atoms with van der Waals surface area (Å²) < 4.78 is 54.3. The zero-order chi connectivity index (χ0) is 19.8. The molecule has 2 heterocycles. The molecule has 1 fully saturated rings. The normalized spacial score (nSPS) is 22.4. The number of anilines is 1. The molecule has 1 aromatic heterocycles. The molecule has 7 nitrogen and oxygen atoms in total. The molecule has 2 aromatic rings. The number of carbonyl (C=O) groups excluding carboxylic acids is 1. The van der Waals surface area contributed by atoms with E-state index in [1.165, 1.54) is 25.2 Å². The molecule has 0 spiro atoms. The Kier molecular flexibility index (Phi) is 5.43. The van der Waals surface area contributed by atoms with E-state index in [1.54, 1.807) is 0 Å². The summed E-state index contributed by atoms with van der Waals surface area (Å²) in [5, 5.41) is 2.35. The molecule has 1 aromatic carbocycles. The van der Waals surface area contributed by atoms with Crippen LogP contribution in [-0.2, 0) is 15.0 Å². The average Bonchev–Trinajstić information content (AvgIpc) is 2.61. The number of carbonyl (C=O) groups is 1. The van der Waals surface area contributed by atoms with E-state index < -0.39 is 39.8 Å². The van der Waals surface area contributed by atoms with Crippen LogP contribution in [0.4, 0.5) is 14.5 Å². The number of aromatic nitrogens is 1. The Labute approximate surface area is 159 Å². The van der Waals surface area contributed by atoms with Crippen molar-refractivity contribution in [3.63, 3.8) is 0 Å². The second-order valence-corrected chi connectivity index (χ2v) is 8.13. The maximum Gasteiger partial charge on any atom is 0.280 e. The highest BCUT2D eigenvalue weighted by Crippen LogP contribution is 2.28. The molecule has 3 rings (SSSR count). The third-order valence-corrected chi connectivity index (χ3v) is 6.05. The molecular weight excluding hydrogens is 402 g/mol. The van der Waals surface area contributed by atoms with Gasteiger partial charge in [-0.3, -0.25) is 9.78 Å². The van der Waals surface area contributed by atoms with Crippen LogP contribution in [0.3, 0.4) is 0 Å². The van der Waals surface area contributed by atoms with Crippen molar-refractivity contribution >= 4 is 33.4 Å². The number of amides is 1.